The van der Waals surface area contributed by atoms with Crippen molar-refractivity contribution in [2.75, 3.05) is 30.3 Å². The number of anilines is 1. The second-order valence-electron chi connectivity index (χ2n) is 4.39. The molecule has 1 aromatic carbocycles. The first-order chi connectivity index (χ1) is 8.07. The Bertz CT molecular complexity index is 469. The lowest BCUT2D eigenvalue weighted by molar-refractivity contribution is 0.570. The number of rotatable bonds is 1. The standard InChI is InChI=1S/C12H18N2O2S/c1-11-4-2-5-12(10-11)14-7-3-9-17(15,16)13-6-8-14/h2,4-5,10,13H,3,6-9H2,1H3. The van der Waals surface area contributed by atoms with Crippen LogP contribution in [0.25, 0.3) is 0 Å². The molecule has 17 heavy (non-hydrogen) atoms. The molecular formula is C12H18N2O2S. The van der Waals surface area contributed by atoms with Gasteiger partial charge in [-0.3, -0.25) is 0 Å². The van der Waals surface area contributed by atoms with Crippen LogP contribution in [0, 0.1) is 6.92 Å². The van der Waals surface area contributed by atoms with E-state index in [9.17, 15) is 8.42 Å². The van der Waals surface area contributed by atoms with Crippen molar-refractivity contribution >= 4 is 15.7 Å². The maximum Gasteiger partial charge on any atom is 0.211 e. The average molecular weight is 254 g/mol. The molecule has 1 heterocycles. The fourth-order valence-corrected chi connectivity index (χ4v) is 3.10. The number of hydrogen-bond donors (Lipinski definition) is 1. The van der Waals surface area contributed by atoms with Crippen molar-refractivity contribution in [2.45, 2.75) is 13.3 Å². The Hall–Kier alpha value is -1.07. The van der Waals surface area contributed by atoms with E-state index in [4.69, 9.17) is 0 Å². The maximum absolute atomic E-state index is 11.4. The molecule has 0 spiro atoms. The van der Waals surface area contributed by atoms with Gasteiger partial charge in [-0.1, -0.05) is 12.1 Å². The molecule has 0 radical (unpaired) electrons. The molecule has 1 N–H and O–H groups in total. The van der Waals surface area contributed by atoms with Gasteiger partial charge in [-0.05, 0) is 31.0 Å². The highest BCUT2D eigenvalue weighted by Gasteiger charge is 2.16. The van der Waals surface area contributed by atoms with Crippen LogP contribution in [0.15, 0.2) is 24.3 Å². The molecule has 2 rings (SSSR count). The molecule has 1 aromatic rings. The first-order valence-electron chi connectivity index (χ1n) is 5.86. The van der Waals surface area contributed by atoms with E-state index in [0.717, 1.165) is 13.1 Å². The zero-order chi connectivity index (χ0) is 12.3. The third-order valence-corrected chi connectivity index (χ3v) is 4.38. The molecule has 1 aliphatic rings. The van der Waals surface area contributed by atoms with Crippen LogP contribution < -0.4 is 9.62 Å². The van der Waals surface area contributed by atoms with Crippen molar-refractivity contribution in [3.8, 4) is 0 Å². The van der Waals surface area contributed by atoms with Gasteiger partial charge in [-0.25, -0.2) is 13.1 Å². The first kappa shape index (κ1) is 12.4. The normalized spacial score (nSPS) is 20.6. The molecule has 1 aliphatic heterocycles. The molecule has 0 amide bonds. The molecule has 0 aliphatic carbocycles. The monoisotopic (exact) mass is 254 g/mol. The second kappa shape index (κ2) is 5.06. The Kier molecular flexibility index (Phi) is 3.69. The predicted octanol–water partition coefficient (Wildman–Crippen LogP) is 1.12. The minimum atomic E-state index is -3.03. The summed E-state index contributed by atoms with van der Waals surface area (Å²) in [5.41, 5.74) is 2.40. The molecule has 0 aromatic heterocycles. The number of hydrogen-bond acceptors (Lipinski definition) is 3. The van der Waals surface area contributed by atoms with Gasteiger partial charge < -0.3 is 4.90 Å². The van der Waals surface area contributed by atoms with Gasteiger partial charge >= 0.3 is 0 Å². The number of benzene rings is 1. The quantitative estimate of drug-likeness (QED) is 0.817. The third-order valence-electron chi connectivity index (χ3n) is 2.91. The van der Waals surface area contributed by atoms with E-state index in [1.165, 1.54) is 11.3 Å². The highest BCUT2D eigenvalue weighted by Crippen LogP contribution is 2.16. The largest absolute Gasteiger partial charge is 0.370 e. The van der Waals surface area contributed by atoms with Crippen LogP contribution in [0.3, 0.4) is 0 Å². The summed E-state index contributed by atoms with van der Waals surface area (Å²) in [6.07, 6.45) is 0.670. The summed E-state index contributed by atoms with van der Waals surface area (Å²) in [4.78, 5) is 2.23. The number of sulfonamides is 1. The molecule has 0 saturated carbocycles. The van der Waals surface area contributed by atoms with E-state index in [2.05, 4.69) is 34.7 Å². The first-order valence-corrected chi connectivity index (χ1v) is 7.51. The Balaban J connectivity index is 2.08. The molecule has 94 valence electrons. The fourth-order valence-electron chi connectivity index (χ4n) is 2.05. The topological polar surface area (TPSA) is 49.4 Å². The highest BCUT2D eigenvalue weighted by molar-refractivity contribution is 7.89. The Morgan fingerprint density at radius 1 is 1.29 bits per heavy atom. The zero-order valence-corrected chi connectivity index (χ0v) is 10.8. The number of nitrogens with one attached hydrogen (secondary N) is 1. The van der Waals surface area contributed by atoms with E-state index in [-0.39, 0.29) is 5.75 Å². The zero-order valence-electron chi connectivity index (χ0n) is 10.0. The lowest BCUT2D eigenvalue weighted by Crippen LogP contribution is -2.40. The summed E-state index contributed by atoms with van der Waals surface area (Å²) in [5, 5.41) is 0. The SMILES string of the molecule is Cc1cccc(N2CCCS(=O)(=O)NCC2)c1. The van der Waals surface area contributed by atoms with Crippen LogP contribution in [0.1, 0.15) is 12.0 Å². The minimum absolute atomic E-state index is 0.218. The average Bonchev–Trinajstić information content (AvgIpc) is 2.24. The van der Waals surface area contributed by atoms with Gasteiger partial charge in [0.2, 0.25) is 10.0 Å². The number of nitrogens with zero attached hydrogens (tertiary/aromatic N) is 1. The van der Waals surface area contributed by atoms with Crippen LogP contribution in [0.2, 0.25) is 0 Å². The summed E-state index contributed by atoms with van der Waals surface area (Å²) >= 11 is 0. The van der Waals surface area contributed by atoms with Gasteiger partial charge in [0.25, 0.3) is 0 Å². The van der Waals surface area contributed by atoms with E-state index < -0.39 is 10.0 Å². The van der Waals surface area contributed by atoms with Crippen molar-refractivity contribution in [3.05, 3.63) is 29.8 Å². The van der Waals surface area contributed by atoms with Crippen molar-refractivity contribution in [1.29, 1.82) is 0 Å². The van der Waals surface area contributed by atoms with Gasteiger partial charge in [0.1, 0.15) is 0 Å². The van der Waals surface area contributed by atoms with Gasteiger partial charge in [-0.15, -0.1) is 0 Å². The van der Waals surface area contributed by atoms with Crippen molar-refractivity contribution in [2.24, 2.45) is 0 Å². The summed E-state index contributed by atoms with van der Waals surface area (Å²) in [6.45, 7) is 4.07. The van der Waals surface area contributed by atoms with Crippen LogP contribution in [0.4, 0.5) is 5.69 Å². The molecular weight excluding hydrogens is 236 g/mol. The maximum atomic E-state index is 11.4. The van der Waals surface area contributed by atoms with E-state index in [1.807, 2.05) is 6.07 Å². The van der Waals surface area contributed by atoms with Gasteiger partial charge in [-0.2, -0.15) is 0 Å². The molecule has 4 nitrogen and oxygen atoms in total. The minimum Gasteiger partial charge on any atom is -0.370 e. The third kappa shape index (κ3) is 3.44. The lowest BCUT2D eigenvalue weighted by atomic mass is 10.2. The molecule has 1 fully saturated rings. The van der Waals surface area contributed by atoms with Gasteiger partial charge in [0, 0.05) is 25.3 Å². The van der Waals surface area contributed by atoms with Crippen LogP contribution in [0.5, 0.6) is 0 Å². The molecule has 0 bridgehead atoms. The van der Waals surface area contributed by atoms with Gasteiger partial charge in [0.05, 0.1) is 5.75 Å². The summed E-state index contributed by atoms with van der Waals surface area (Å²) in [5.74, 6) is 0.218. The summed E-state index contributed by atoms with van der Waals surface area (Å²) < 4.78 is 25.4. The van der Waals surface area contributed by atoms with E-state index in [0.29, 0.717) is 13.0 Å². The van der Waals surface area contributed by atoms with E-state index in [1.54, 1.807) is 0 Å². The van der Waals surface area contributed by atoms with Gasteiger partial charge in [0.15, 0.2) is 0 Å². The summed E-state index contributed by atoms with van der Waals surface area (Å²) in [6, 6.07) is 8.31. The Labute approximate surface area is 103 Å². The molecule has 0 atom stereocenters. The number of aryl methyl sites for hydroxylation is 1. The molecule has 5 heteroatoms. The van der Waals surface area contributed by atoms with Crippen molar-refractivity contribution in [3.63, 3.8) is 0 Å². The molecule has 1 saturated heterocycles. The Morgan fingerprint density at radius 3 is 2.88 bits per heavy atom. The molecule has 0 unspecified atom stereocenters. The van der Waals surface area contributed by atoms with E-state index >= 15 is 0 Å². The highest BCUT2D eigenvalue weighted by atomic mass is 32.2. The Morgan fingerprint density at radius 2 is 2.12 bits per heavy atom. The van der Waals surface area contributed by atoms with Crippen molar-refractivity contribution < 1.29 is 8.42 Å². The predicted molar refractivity (Wildman–Crippen MR) is 69.8 cm³/mol. The van der Waals surface area contributed by atoms with Crippen LogP contribution in [-0.4, -0.2) is 33.8 Å². The van der Waals surface area contributed by atoms with Crippen molar-refractivity contribution in [1.82, 2.24) is 4.72 Å². The van der Waals surface area contributed by atoms with Crippen LogP contribution >= 0.6 is 0 Å². The smallest absolute Gasteiger partial charge is 0.211 e. The lowest BCUT2D eigenvalue weighted by Gasteiger charge is -2.27. The second-order valence-corrected chi connectivity index (χ2v) is 6.32. The van der Waals surface area contributed by atoms with Crippen LogP contribution in [-0.2, 0) is 10.0 Å². The summed E-state index contributed by atoms with van der Waals surface area (Å²) in [7, 11) is -3.03. The fraction of sp³-hybridized carbons (Fsp3) is 0.500.